The first-order valence-corrected chi connectivity index (χ1v) is 8.31. The number of hydrogen-bond donors (Lipinski definition) is 2. The first-order valence-electron chi connectivity index (χ1n) is 6.42. The Balaban J connectivity index is 3.11. The number of nitrogens with two attached hydrogens (primary N) is 1. The van der Waals surface area contributed by atoms with E-state index in [1.165, 1.54) is 6.26 Å². The molecule has 3 N–H and O–H groups in total. The van der Waals surface area contributed by atoms with Gasteiger partial charge in [-0.05, 0) is 30.5 Å². The standard InChI is InChI=1S/C14H24N2O2S/c1-14(2,3)13(9-10-15)16-11-7-5-6-8-12(11)19(4,17)18/h5-8,13,16H,9-10,15H2,1-4H3. The zero-order valence-corrected chi connectivity index (χ0v) is 12.9. The maximum Gasteiger partial charge on any atom is 0.177 e. The number of para-hydroxylation sites is 1. The molecule has 1 aromatic carbocycles. The lowest BCUT2D eigenvalue weighted by atomic mass is 9.84. The van der Waals surface area contributed by atoms with Crippen LogP contribution in [0.4, 0.5) is 5.69 Å². The van der Waals surface area contributed by atoms with Crippen molar-refractivity contribution in [1.29, 1.82) is 0 Å². The van der Waals surface area contributed by atoms with Gasteiger partial charge in [0.1, 0.15) is 0 Å². The summed E-state index contributed by atoms with van der Waals surface area (Å²) in [4.78, 5) is 0.335. The summed E-state index contributed by atoms with van der Waals surface area (Å²) in [5, 5.41) is 3.34. The van der Waals surface area contributed by atoms with E-state index in [9.17, 15) is 8.42 Å². The zero-order chi connectivity index (χ0) is 14.7. The Morgan fingerprint density at radius 3 is 2.32 bits per heavy atom. The third-order valence-electron chi connectivity index (χ3n) is 3.12. The molecule has 1 atom stereocenters. The van der Waals surface area contributed by atoms with Gasteiger partial charge in [-0.3, -0.25) is 0 Å². The molecule has 108 valence electrons. The molecule has 1 aromatic rings. The average molecular weight is 284 g/mol. The predicted molar refractivity (Wildman–Crippen MR) is 80.1 cm³/mol. The number of nitrogens with one attached hydrogen (secondary N) is 1. The summed E-state index contributed by atoms with van der Waals surface area (Å²) in [6.45, 7) is 6.91. The lowest BCUT2D eigenvalue weighted by molar-refractivity contribution is 0.328. The van der Waals surface area contributed by atoms with Crippen molar-refractivity contribution in [2.24, 2.45) is 11.1 Å². The number of sulfone groups is 1. The topological polar surface area (TPSA) is 72.2 Å². The quantitative estimate of drug-likeness (QED) is 0.870. The van der Waals surface area contributed by atoms with Gasteiger partial charge in [0.2, 0.25) is 0 Å². The third kappa shape index (κ3) is 4.51. The van der Waals surface area contributed by atoms with Gasteiger partial charge >= 0.3 is 0 Å². The van der Waals surface area contributed by atoms with E-state index in [1.54, 1.807) is 18.2 Å². The molecule has 1 rings (SSSR count). The maximum absolute atomic E-state index is 11.8. The van der Waals surface area contributed by atoms with Crippen LogP contribution in [-0.4, -0.2) is 27.3 Å². The molecule has 5 heteroatoms. The number of benzene rings is 1. The Kier molecular flexibility index (Phi) is 4.98. The fourth-order valence-electron chi connectivity index (χ4n) is 1.99. The van der Waals surface area contributed by atoms with E-state index in [0.29, 0.717) is 17.1 Å². The van der Waals surface area contributed by atoms with Crippen molar-refractivity contribution in [1.82, 2.24) is 0 Å². The van der Waals surface area contributed by atoms with Crippen LogP contribution in [0.5, 0.6) is 0 Å². The zero-order valence-electron chi connectivity index (χ0n) is 12.1. The van der Waals surface area contributed by atoms with Crippen molar-refractivity contribution in [2.45, 2.75) is 38.1 Å². The molecule has 4 nitrogen and oxygen atoms in total. The summed E-state index contributed by atoms with van der Waals surface area (Å²) < 4.78 is 23.6. The average Bonchev–Trinajstić information content (AvgIpc) is 2.26. The second-order valence-electron chi connectivity index (χ2n) is 5.91. The molecule has 0 heterocycles. The van der Waals surface area contributed by atoms with Gasteiger partial charge in [-0.1, -0.05) is 32.9 Å². The molecule has 0 radical (unpaired) electrons. The second kappa shape index (κ2) is 5.92. The molecule has 0 bridgehead atoms. The van der Waals surface area contributed by atoms with E-state index in [-0.39, 0.29) is 11.5 Å². The number of rotatable bonds is 5. The Morgan fingerprint density at radius 1 is 1.26 bits per heavy atom. The first-order chi connectivity index (χ1) is 8.66. The molecule has 0 saturated heterocycles. The Labute approximate surface area is 116 Å². The minimum absolute atomic E-state index is 0.00395. The molecule has 1 unspecified atom stereocenters. The van der Waals surface area contributed by atoms with Crippen LogP contribution < -0.4 is 11.1 Å². The van der Waals surface area contributed by atoms with Crippen molar-refractivity contribution in [2.75, 3.05) is 18.1 Å². The van der Waals surface area contributed by atoms with Crippen molar-refractivity contribution < 1.29 is 8.42 Å². The largest absolute Gasteiger partial charge is 0.381 e. The van der Waals surface area contributed by atoms with Crippen LogP contribution in [-0.2, 0) is 9.84 Å². The molecule has 0 aliphatic rings. The molecule has 0 aliphatic heterocycles. The molecule has 0 saturated carbocycles. The molecule has 0 spiro atoms. The number of anilines is 1. The van der Waals surface area contributed by atoms with Gasteiger partial charge in [-0.2, -0.15) is 0 Å². The lowest BCUT2D eigenvalue weighted by Gasteiger charge is -2.32. The third-order valence-corrected chi connectivity index (χ3v) is 4.27. The highest BCUT2D eigenvalue weighted by molar-refractivity contribution is 7.90. The van der Waals surface area contributed by atoms with Crippen LogP contribution in [0.25, 0.3) is 0 Å². The smallest absolute Gasteiger partial charge is 0.177 e. The van der Waals surface area contributed by atoms with Crippen molar-refractivity contribution in [3.8, 4) is 0 Å². The molecule has 0 aliphatic carbocycles. The summed E-state index contributed by atoms with van der Waals surface area (Å²) in [6.07, 6.45) is 2.02. The highest BCUT2D eigenvalue weighted by atomic mass is 32.2. The van der Waals surface area contributed by atoms with Crippen molar-refractivity contribution >= 4 is 15.5 Å². The fourth-order valence-corrected chi connectivity index (χ4v) is 2.84. The van der Waals surface area contributed by atoms with Crippen LogP contribution in [0.2, 0.25) is 0 Å². The summed E-state index contributed by atoms with van der Waals surface area (Å²) in [7, 11) is -3.23. The monoisotopic (exact) mass is 284 g/mol. The number of hydrogen-bond acceptors (Lipinski definition) is 4. The Morgan fingerprint density at radius 2 is 1.84 bits per heavy atom. The van der Waals surface area contributed by atoms with Crippen LogP contribution >= 0.6 is 0 Å². The van der Waals surface area contributed by atoms with Gasteiger partial charge in [-0.15, -0.1) is 0 Å². The lowest BCUT2D eigenvalue weighted by Crippen LogP contribution is -2.36. The van der Waals surface area contributed by atoms with Crippen LogP contribution in [0.1, 0.15) is 27.2 Å². The van der Waals surface area contributed by atoms with Gasteiger partial charge in [0.15, 0.2) is 9.84 Å². The Bertz CT molecular complexity index is 518. The SMILES string of the molecule is CC(C)(C)C(CCN)Nc1ccccc1S(C)(=O)=O. The molecular weight excluding hydrogens is 260 g/mol. The van der Waals surface area contributed by atoms with Gasteiger partial charge in [-0.25, -0.2) is 8.42 Å². The normalized spacial score (nSPS) is 14.2. The maximum atomic E-state index is 11.8. The van der Waals surface area contributed by atoms with Crippen molar-refractivity contribution in [3.63, 3.8) is 0 Å². The summed E-state index contributed by atoms with van der Waals surface area (Å²) in [6, 6.07) is 7.11. The van der Waals surface area contributed by atoms with Gasteiger partial charge in [0.05, 0.1) is 10.6 Å². The fraction of sp³-hybridized carbons (Fsp3) is 0.571. The van der Waals surface area contributed by atoms with E-state index in [4.69, 9.17) is 5.73 Å². The summed E-state index contributed by atoms with van der Waals surface area (Å²) in [5.41, 5.74) is 6.30. The van der Waals surface area contributed by atoms with E-state index < -0.39 is 9.84 Å². The van der Waals surface area contributed by atoms with Gasteiger partial charge in [0, 0.05) is 12.3 Å². The molecule has 0 amide bonds. The molecule has 0 fully saturated rings. The minimum Gasteiger partial charge on any atom is -0.381 e. The van der Waals surface area contributed by atoms with E-state index >= 15 is 0 Å². The molecule has 0 aromatic heterocycles. The Hall–Kier alpha value is -1.07. The molecule has 19 heavy (non-hydrogen) atoms. The minimum atomic E-state index is -3.23. The summed E-state index contributed by atoms with van der Waals surface area (Å²) >= 11 is 0. The first kappa shape index (κ1) is 16.0. The summed E-state index contributed by atoms with van der Waals surface area (Å²) in [5.74, 6) is 0. The van der Waals surface area contributed by atoms with Gasteiger partial charge < -0.3 is 11.1 Å². The van der Waals surface area contributed by atoms with Gasteiger partial charge in [0.25, 0.3) is 0 Å². The van der Waals surface area contributed by atoms with E-state index in [1.807, 2.05) is 6.07 Å². The van der Waals surface area contributed by atoms with Crippen LogP contribution in [0.3, 0.4) is 0 Å². The molecular formula is C14H24N2O2S. The second-order valence-corrected chi connectivity index (χ2v) is 7.89. The predicted octanol–water partition coefficient (Wildman–Crippen LogP) is 2.27. The van der Waals surface area contributed by atoms with Crippen LogP contribution in [0, 0.1) is 5.41 Å². The van der Waals surface area contributed by atoms with E-state index in [2.05, 4.69) is 26.1 Å². The van der Waals surface area contributed by atoms with Crippen LogP contribution in [0.15, 0.2) is 29.2 Å². The highest BCUT2D eigenvalue weighted by Gasteiger charge is 2.25. The van der Waals surface area contributed by atoms with Crippen molar-refractivity contribution in [3.05, 3.63) is 24.3 Å². The van der Waals surface area contributed by atoms with E-state index in [0.717, 1.165) is 6.42 Å². The highest BCUT2D eigenvalue weighted by Crippen LogP contribution is 2.28.